The van der Waals surface area contributed by atoms with Gasteiger partial charge in [0.2, 0.25) is 0 Å². The normalized spacial score (nSPS) is 18.0. The summed E-state index contributed by atoms with van der Waals surface area (Å²) in [5.41, 5.74) is 1.55. The summed E-state index contributed by atoms with van der Waals surface area (Å²) in [7, 11) is 0. The topological polar surface area (TPSA) is 30.2 Å². The summed E-state index contributed by atoms with van der Waals surface area (Å²) in [6, 6.07) is 6.18. The van der Waals surface area contributed by atoms with Crippen LogP contribution in [-0.4, -0.2) is 0 Å². The Hall–Kier alpha value is -2.94. The van der Waals surface area contributed by atoms with E-state index in [4.69, 9.17) is 4.42 Å². The largest absolute Gasteiger partial charge is 0.464 e. The number of rotatable bonds is 1. The Morgan fingerprint density at radius 1 is 1.04 bits per heavy atom. The lowest BCUT2D eigenvalue weighted by Crippen LogP contribution is -2.13. The van der Waals surface area contributed by atoms with Crippen LogP contribution in [0.4, 0.5) is 4.39 Å². The van der Waals surface area contributed by atoms with Crippen molar-refractivity contribution >= 4 is 6.08 Å². The van der Waals surface area contributed by atoms with Crippen LogP contribution in [0, 0.1) is 5.82 Å². The van der Waals surface area contributed by atoms with Gasteiger partial charge < -0.3 is 4.42 Å². The minimum absolute atomic E-state index is 0.221. The first-order valence-corrected chi connectivity index (χ1v) is 7.26. The zero-order valence-electron chi connectivity index (χ0n) is 12.5. The molecule has 1 aromatic heterocycles. The Labute approximate surface area is 133 Å². The predicted octanol–water partition coefficient (Wildman–Crippen LogP) is 4.68. The van der Waals surface area contributed by atoms with Gasteiger partial charge in [-0.25, -0.2) is 4.39 Å². The Morgan fingerprint density at radius 3 is 2.70 bits per heavy atom. The SMILES string of the molecule is C=C1/C=C\C=C/Cc2c(occ(-c3ccccc3F)c2=O)/C=C\1. The van der Waals surface area contributed by atoms with E-state index in [-0.39, 0.29) is 16.6 Å². The fourth-order valence-corrected chi connectivity index (χ4v) is 2.40. The summed E-state index contributed by atoms with van der Waals surface area (Å²) in [6.45, 7) is 3.88. The number of allylic oxidation sites excluding steroid dienone is 6. The lowest BCUT2D eigenvalue weighted by molar-refractivity contribution is 0.532. The maximum absolute atomic E-state index is 14.0. The lowest BCUT2D eigenvalue weighted by atomic mass is 10.0. The van der Waals surface area contributed by atoms with E-state index in [1.54, 1.807) is 30.4 Å². The van der Waals surface area contributed by atoms with Crippen molar-refractivity contribution in [2.45, 2.75) is 6.42 Å². The molecule has 0 bridgehead atoms. The molecule has 23 heavy (non-hydrogen) atoms. The maximum Gasteiger partial charge on any atom is 0.196 e. The number of hydrogen-bond donors (Lipinski definition) is 0. The molecule has 1 heterocycles. The molecular weight excluding hydrogens is 291 g/mol. The first-order chi connectivity index (χ1) is 11.2. The zero-order valence-corrected chi connectivity index (χ0v) is 12.5. The molecule has 2 aromatic rings. The molecule has 0 atom stereocenters. The predicted molar refractivity (Wildman–Crippen MR) is 90.5 cm³/mol. The molecule has 0 unspecified atom stereocenters. The number of halogens is 1. The smallest absolute Gasteiger partial charge is 0.196 e. The molecule has 0 aliphatic heterocycles. The lowest BCUT2D eigenvalue weighted by Gasteiger charge is -2.07. The second kappa shape index (κ2) is 6.44. The first-order valence-electron chi connectivity index (χ1n) is 7.26. The molecule has 2 nitrogen and oxygen atoms in total. The van der Waals surface area contributed by atoms with Gasteiger partial charge in [-0.15, -0.1) is 0 Å². The second-order valence-corrected chi connectivity index (χ2v) is 5.20. The third-order valence-corrected chi connectivity index (χ3v) is 3.61. The van der Waals surface area contributed by atoms with Gasteiger partial charge in [-0.05, 0) is 24.1 Å². The van der Waals surface area contributed by atoms with Gasteiger partial charge in [0.15, 0.2) is 5.43 Å². The summed E-state index contributed by atoms with van der Waals surface area (Å²) < 4.78 is 19.6. The van der Waals surface area contributed by atoms with E-state index in [1.165, 1.54) is 12.3 Å². The molecule has 3 heteroatoms. The Balaban J connectivity index is 2.18. The van der Waals surface area contributed by atoms with Crippen LogP contribution >= 0.6 is 0 Å². The van der Waals surface area contributed by atoms with E-state index in [9.17, 15) is 9.18 Å². The van der Waals surface area contributed by atoms with Crippen LogP contribution in [0.3, 0.4) is 0 Å². The van der Waals surface area contributed by atoms with Crippen molar-refractivity contribution < 1.29 is 8.81 Å². The fourth-order valence-electron chi connectivity index (χ4n) is 2.40. The second-order valence-electron chi connectivity index (χ2n) is 5.20. The molecule has 0 saturated heterocycles. The Morgan fingerprint density at radius 2 is 1.87 bits per heavy atom. The van der Waals surface area contributed by atoms with Crippen LogP contribution in [-0.2, 0) is 6.42 Å². The van der Waals surface area contributed by atoms with E-state index >= 15 is 0 Å². The van der Waals surface area contributed by atoms with Crippen molar-refractivity contribution in [3.63, 3.8) is 0 Å². The third kappa shape index (κ3) is 3.14. The molecule has 0 saturated carbocycles. The minimum atomic E-state index is -0.443. The van der Waals surface area contributed by atoms with Gasteiger partial charge >= 0.3 is 0 Å². The molecule has 0 spiro atoms. The van der Waals surface area contributed by atoms with Crippen molar-refractivity contribution in [2.24, 2.45) is 0 Å². The van der Waals surface area contributed by atoms with E-state index in [0.29, 0.717) is 17.7 Å². The van der Waals surface area contributed by atoms with E-state index in [2.05, 4.69) is 6.58 Å². The molecule has 1 aromatic carbocycles. The molecular formula is C20H15FO2. The van der Waals surface area contributed by atoms with Crippen molar-refractivity contribution in [1.82, 2.24) is 0 Å². The van der Waals surface area contributed by atoms with Gasteiger partial charge in [0.05, 0.1) is 5.56 Å². The van der Waals surface area contributed by atoms with Crippen LogP contribution in [0.1, 0.15) is 11.3 Å². The van der Waals surface area contributed by atoms with Crippen LogP contribution < -0.4 is 5.43 Å². The van der Waals surface area contributed by atoms with Crippen LogP contribution in [0.5, 0.6) is 0 Å². The van der Waals surface area contributed by atoms with E-state index in [0.717, 1.165) is 5.57 Å². The molecule has 0 N–H and O–H groups in total. The van der Waals surface area contributed by atoms with Gasteiger partial charge in [-0.1, -0.05) is 55.2 Å². The molecule has 1 aliphatic carbocycles. The average molecular weight is 306 g/mol. The monoisotopic (exact) mass is 306 g/mol. The van der Waals surface area contributed by atoms with E-state index in [1.807, 2.05) is 24.3 Å². The molecule has 0 amide bonds. The summed E-state index contributed by atoms with van der Waals surface area (Å²) in [6.07, 6.45) is 12.7. The Bertz CT molecular complexity index is 898. The quantitative estimate of drug-likeness (QED) is 0.765. The zero-order chi connectivity index (χ0) is 16.2. The van der Waals surface area contributed by atoms with Crippen LogP contribution in [0.15, 0.2) is 82.3 Å². The van der Waals surface area contributed by atoms with Gasteiger partial charge in [-0.2, -0.15) is 0 Å². The molecule has 114 valence electrons. The summed E-state index contributed by atoms with van der Waals surface area (Å²) in [5.74, 6) is 0.0261. The highest BCUT2D eigenvalue weighted by molar-refractivity contribution is 5.65. The maximum atomic E-state index is 14.0. The highest BCUT2D eigenvalue weighted by atomic mass is 19.1. The third-order valence-electron chi connectivity index (χ3n) is 3.61. The highest BCUT2D eigenvalue weighted by Gasteiger charge is 2.15. The number of fused-ring (bicyclic) bond motifs is 1. The van der Waals surface area contributed by atoms with Gasteiger partial charge in [0.1, 0.15) is 17.8 Å². The summed E-state index contributed by atoms with van der Waals surface area (Å²) in [5, 5.41) is 0. The fraction of sp³-hybridized carbons (Fsp3) is 0.0500. The molecule has 3 rings (SSSR count). The van der Waals surface area contributed by atoms with Crippen LogP contribution in [0.25, 0.3) is 17.2 Å². The summed E-state index contributed by atoms with van der Waals surface area (Å²) >= 11 is 0. The number of benzene rings is 1. The standard InChI is InChI=1S/C20H15FO2/c1-14-7-3-2-4-9-16-19(12-11-14)23-13-17(20(16)22)15-8-5-6-10-18(15)21/h2-8,10-13H,1,9H2/b4-2-,7-3-,12-11-. The van der Waals surface area contributed by atoms with Crippen molar-refractivity contribution in [1.29, 1.82) is 0 Å². The van der Waals surface area contributed by atoms with Gasteiger partial charge in [0, 0.05) is 11.1 Å². The molecule has 0 radical (unpaired) electrons. The molecule has 0 fully saturated rings. The van der Waals surface area contributed by atoms with Crippen molar-refractivity contribution in [3.05, 3.63) is 100 Å². The van der Waals surface area contributed by atoms with Gasteiger partial charge in [0.25, 0.3) is 0 Å². The number of hydrogen-bond acceptors (Lipinski definition) is 2. The Kier molecular flexibility index (Phi) is 4.20. The first kappa shape index (κ1) is 15.0. The highest BCUT2D eigenvalue weighted by Crippen LogP contribution is 2.22. The molecule has 1 aliphatic rings. The summed E-state index contributed by atoms with van der Waals surface area (Å²) in [4.78, 5) is 12.8. The van der Waals surface area contributed by atoms with Crippen molar-refractivity contribution in [2.75, 3.05) is 0 Å². The van der Waals surface area contributed by atoms with Crippen molar-refractivity contribution in [3.8, 4) is 11.1 Å². The average Bonchev–Trinajstić information content (AvgIpc) is 2.55. The van der Waals surface area contributed by atoms with Gasteiger partial charge in [-0.3, -0.25) is 4.79 Å². The van der Waals surface area contributed by atoms with Crippen LogP contribution in [0.2, 0.25) is 0 Å². The minimum Gasteiger partial charge on any atom is -0.464 e. The van der Waals surface area contributed by atoms with E-state index < -0.39 is 5.82 Å².